The third-order valence-corrected chi connectivity index (χ3v) is 4.45. The highest BCUT2D eigenvalue weighted by atomic mass is 16.5. The highest BCUT2D eigenvalue weighted by Crippen LogP contribution is 2.30. The molecule has 0 bridgehead atoms. The van der Waals surface area contributed by atoms with Crippen LogP contribution in [0.3, 0.4) is 0 Å². The molecule has 3 heteroatoms. The average molecular weight is 340 g/mol. The summed E-state index contributed by atoms with van der Waals surface area (Å²) in [5.41, 5.74) is 3.59. The van der Waals surface area contributed by atoms with Crippen molar-refractivity contribution < 1.29 is 14.3 Å². The SMILES string of the molecule is C=C(/C=C/Cc1ccccc1)C1=C(C(=O)OC)C(CCCCC)OC1. The number of carbonyl (C=O) groups is 1. The molecule has 0 radical (unpaired) electrons. The second-order valence-corrected chi connectivity index (χ2v) is 6.30. The van der Waals surface area contributed by atoms with E-state index in [9.17, 15) is 4.79 Å². The lowest BCUT2D eigenvalue weighted by Crippen LogP contribution is -2.18. The molecule has 0 saturated carbocycles. The van der Waals surface area contributed by atoms with Gasteiger partial charge >= 0.3 is 5.97 Å². The largest absolute Gasteiger partial charge is 0.466 e. The number of allylic oxidation sites excluding steroid dienone is 2. The van der Waals surface area contributed by atoms with E-state index in [2.05, 4.69) is 31.7 Å². The molecular weight excluding hydrogens is 312 g/mol. The predicted octanol–water partition coefficient (Wildman–Crippen LogP) is 4.79. The Morgan fingerprint density at radius 3 is 2.76 bits per heavy atom. The number of esters is 1. The zero-order valence-electron chi connectivity index (χ0n) is 15.3. The van der Waals surface area contributed by atoms with E-state index >= 15 is 0 Å². The lowest BCUT2D eigenvalue weighted by molar-refractivity contribution is -0.137. The summed E-state index contributed by atoms with van der Waals surface area (Å²) >= 11 is 0. The first-order chi connectivity index (χ1) is 12.2. The van der Waals surface area contributed by atoms with Crippen LogP contribution in [0.4, 0.5) is 0 Å². The van der Waals surface area contributed by atoms with Crippen molar-refractivity contribution in [2.45, 2.75) is 45.1 Å². The van der Waals surface area contributed by atoms with Crippen LogP contribution in [0.5, 0.6) is 0 Å². The van der Waals surface area contributed by atoms with Gasteiger partial charge in [0.2, 0.25) is 0 Å². The van der Waals surface area contributed by atoms with Gasteiger partial charge in [-0.05, 0) is 29.6 Å². The maximum Gasteiger partial charge on any atom is 0.336 e. The lowest BCUT2D eigenvalue weighted by atomic mass is 9.96. The molecule has 1 heterocycles. The van der Waals surface area contributed by atoms with Crippen molar-refractivity contribution in [2.24, 2.45) is 0 Å². The fraction of sp³-hybridized carbons (Fsp3) is 0.409. The number of rotatable bonds is 9. The van der Waals surface area contributed by atoms with Crippen molar-refractivity contribution >= 4 is 5.97 Å². The Kier molecular flexibility index (Phi) is 7.68. The van der Waals surface area contributed by atoms with E-state index in [-0.39, 0.29) is 12.1 Å². The number of benzene rings is 1. The average Bonchev–Trinajstić information content (AvgIpc) is 3.06. The molecule has 134 valence electrons. The van der Waals surface area contributed by atoms with Crippen LogP contribution in [0, 0.1) is 0 Å². The highest BCUT2D eigenvalue weighted by Gasteiger charge is 2.32. The molecule has 1 aliphatic rings. The molecule has 2 rings (SSSR count). The third-order valence-electron chi connectivity index (χ3n) is 4.45. The Hall–Kier alpha value is -2.13. The Morgan fingerprint density at radius 1 is 1.32 bits per heavy atom. The van der Waals surface area contributed by atoms with E-state index < -0.39 is 0 Å². The minimum Gasteiger partial charge on any atom is -0.466 e. The van der Waals surface area contributed by atoms with Gasteiger partial charge in [-0.25, -0.2) is 4.79 Å². The van der Waals surface area contributed by atoms with Crippen LogP contribution in [-0.4, -0.2) is 25.8 Å². The molecular formula is C22H28O3. The molecule has 0 amide bonds. The lowest BCUT2D eigenvalue weighted by Gasteiger charge is -2.13. The number of unbranched alkanes of at least 4 members (excludes halogenated alkanes) is 2. The van der Waals surface area contributed by atoms with Crippen molar-refractivity contribution in [3.8, 4) is 0 Å². The Morgan fingerprint density at radius 2 is 2.08 bits per heavy atom. The summed E-state index contributed by atoms with van der Waals surface area (Å²) in [6, 6.07) is 10.3. The van der Waals surface area contributed by atoms with E-state index in [1.54, 1.807) is 0 Å². The third kappa shape index (κ3) is 5.43. The van der Waals surface area contributed by atoms with E-state index in [1.165, 1.54) is 12.7 Å². The molecule has 0 N–H and O–H groups in total. The Balaban J connectivity index is 2.08. The highest BCUT2D eigenvalue weighted by molar-refractivity contribution is 5.92. The molecule has 0 aromatic heterocycles. The standard InChI is InChI=1S/C22H28O3/c1-4-5-7-15-20-21(22(23)24-3)19(16-25-20)17(2)11-10-14-18-12-8-6-9-13-18/h6,8-13,20H,2,4-5,7,14-16H2,1,3H3/b11-10+. The maximum absolute atomic E-state index is 12.2. The van der Waals surface area contributed by atoms with Gasteiger partial charge in [-0.3, -0.25) is 0 Å². The number of methoxy groups -OCH3 is 1. The zero-order chi connectivity index (χ0) is 18.1. The van der Waals surface area contributed by atoms with Crippen molar-refractivity contribution in [3.63, 3.8) is 0 Å². The summed E-state index contributed by atoms with van der Waals surface area (Å²) in [5, 5.41) is 0. The number of hydrogen-bond donors (Lipinski definition) is 0. The van der Waals surface area contributed by atoms with Crippen LogP contribution in [0.2, 0.25) is 0 Å². The summed E-state index contributed by atoms with van der Waals surface area (Å²) in [6.07, 6.45) is 8.89. The van der Waals surface area contributed by atoms with Crippen molar-refractivity contribution in [1.29, 1.82) is 0 Å². The summed E-state index contributed by atoms with van der Waals surface area (Å²) in [7, 11) is 1.42. The van der Waals surface area contributed by atoms with Gasteiger partial charge in [-0.2, -0.15) is 0 Å². The van der Waals surface area contributed by atoms with E-state index in [0.29, 0.717) is 12.2 Å². The van der Waals surface area contributed by atoms with Gasteiger partial charge in [0.05, 0.1) is 25.4 Å². The molecule has 1 aromatic rings. The molecule has 1 atom stereocenters. The number of carbonyl (C=O) groups excluding carboxylic acids is 1. The van der Waals surface area contributed by atoms with Crippen molar-refractivity contribution in [2.75, 3.05) is 13.7 Å². The van der Waals surface area contributed by atoms with Crippen LogP contribution in [0.25, 0.3) is 0 Å². The Labute approximate surface area is 151 Å². The molecule has 0 spiro atoms. The molecule has 0 fully saturated rings. The summed E-state index contributed by atoms with van der Waals surface area (Å²) in [5.74, 6) is -0.299. The van der Waals surface area contributed by atoms with E-state index in [0.717, 1.165) is 43.3 Å². The molecule has 3 nitrogen and oxygen atoms in total. The fourth-order valence-electron chi connectivity index (χ4n) is 3.03. The zero-order valence-corrected chi connectivity index (χ0v) is 15.3. The fourth-order valence-corrected chi connectivity index (χ4v) is 3.03. The topological polar surface area (TPSA) is 35.5 Å². The maximum atomic E-state index is 12.2. The van der Waals surface area contributed by atoms with Crippen LogP contribution in [-0.2, 0) is 20.7 Å². The van der Waals surface area contributed by atoms with Gasteiger partial charge in [-0.1, -0.05) is 75.2 Å². The summed E-state index contributed by atoms with van der Waals surface area (Å²) < 4.78 is 10.8. The molecule has 1 unspecified atom stereocenters. The second kappa shape index (κ2) is 10.00. The molecule has 1 aliphatic heterocycles. The second-order valence-electron chi connectivity index (χ2n) is 6.30. The first-order valence-electron chi connectivity index (χ1n) is 9.00. The normalized spacial score (nSPS) is 17.3. The number of hydrogen-bond acceptors (Lipinski definition) is 3. The minimum atomic E-state index is -0.299. The van der Waals surface area contributed by atoms with Crippen LogP contribution in [0.15, 0.2) is 65.8 Å². The molecule has 25 heavy (non-hydrogen) atoms. The van der Waals surface area contributed by atoms with Crippen LogP contribution in [0.1, 0.15) is 38.2 Å². The predicted molar refractivity (Wildman–Crippen MR) is 101 cm³/mol. The van der Waals surface area contributed by atoms with E-state index in [4.69, 9.17) is 9.47 Å². The first kappa shape index (κ1) is 19.2. The minimum absolute atomic E-state index is 0.173. The quantitative estimate of drug-likeness (QED) is 0.368. The van der Waals surface area contributed by atoms with Gasteiger partial charge in [0.1, 0.15) is 0 Å². The monoisotopic (exact) mass is 340 g/mol. The summed E-state index contributed by atoms with van der Waals surface area (Å²) in [4.78, 5) is 12.2. The first-order valence-corrected chi connectivity index (χ1v) is 9.00. The molecule has 0 saturated heterocycles. The molecule has 0 aliphatic carbocycles. The number of ether oxygens (including phenoxy) is 2. The van der Waals surface area contributed by atoms with Crippen LogP contribution >= 0.6 is 0 Å². The smallest absolute Gasteiger partial charge is 0.336 e. The van der Waals surface area contributed by atoms with Gasteiger partial charge < -0.3 is 9.47 Å². The van der Waals surface area contributed by atoms with Crippen LogP contribution < -0.4 is 0 Å². The summed E-state index contributed by atoms with van der Waals surface area (Å²) in [6.45, 7) is 6.72. The van der Waals surface area contributed by atoms with Crippen molar-refractivity contribution in [1.82, 2.24) is 0 Å². The molecule has 1 aromatic carbocycles. The Bertz CT molecular complexity index is 640. The van der Waals surface area contributed by atoms with Gasteiger partial charge in [0.15, 0.2) is 0 Å². The van der Waals surface area contributed by atoms with Gasteiger partial charge in [-0.15, -0.1) is 0 Å². The van der Waals surface area contributed by atoms with Gasteiger partial charge in [0, 0.05) is 0 Å². The van der Waals surface area contributed by atoms with Crippen molar-refractivity contribution in [3.05, 3.63) is 71.3 Å². The van der Waals surface area contributed by atoms with Gasteiger partial charge in [0.25, 0.3) is 0 Å². The van der Waals surface area contributed by atoms with E-state index in [1.807, 2.05) is 24.3 Å².